The molecule has 174 valence electrons. The van der Waals surface area contributed by atoms with Gasteiger partial charge in [-0.3, -0.25) is 9.69 Å². The van der Waals surface area contributed by atoms with Crippen molar-refractivity contribution in [3.8, 4) is 5.75 Å². The smallest absolute Gasteiger partial charge is 0.255 e. The zero-order valence-corrected chi connectivity index (χ0v) is 19.7. The number of hydrogen-bond donors (Lipinski definition) is 1. The molecule has 1 aromatic heterocycles. The lowest BCUT2D eigenvalue weighted by atomic mass is 9.94. The van der Waals surface area contributed by atoms with E-state index < -0.39 is 0 Å². The number of nitrogens with one attached hydrogen (secondary N) is 1. The molecule has 1 aliphatic rings. The highest BCUT2D eigenvalue weighted by atomic mass is 16.5. The Balaban J connectivity index is 1.63. The first-order chi connectivity index (χ1) is 16.6. The van der Waals surface area contributed by atoms with Crippen LogP contribution < -0.4 is 10.1 Å². The molecule has 0 aliphatic carbocycles. The minimum absolute atomic E-state index is 0.138. The Labute approximate surface area is 200 Å². The maximum Gasteiger partial charge on any atom is 0.255 e. The van der Waals surface area contributed by atoms with Crippen molar-refractivity contribution in [1.82, 2.24) is 4.90 Å². The van der Waals surface area contributed by atoms with Crippen molar-refractivity contribution in [3.63, 3.8) is 0 Å². The van der Waals surface area contributed by atoms with Gasteiger partial charge in [0.05, 0.1) is 18.8 Å². The minimum Gasteiger partial charge on any atom is -0.497 e. The highest BCUT2D eigenvalue weighted by molar-refractivity contribution is 6.09. The second-order valence-electron chi connectivity index (χ2n) is 9.06. The summed E-state index contributed by atoms with van der Waals surface area (Å²) < 4.78 is 12.0. The number of fused-ring (bicyclic) bond motifs is 1. The number of benzene rings is 3. The first-order valence-electron chi connectivity index (χ1n) is 11.9. The van der Waals surface area contributed by atoms with Gasteiger partial charge < -0.3 is 14.5 Å². The maximum atomic E-state index is 13.2. The third-order valence-corrected chi connectivity index (χ3v) is 6.74. The van der Waals surface area contributed by atoms with Gasteiger partial charge in [-0.2, -0.15) is 0 Å². The molecule has 2 heterocycles. The lowest BCUT2D eigenvalue weighted by Gasteiger charge is -2.36. The van der Waals surface area contributed by atoms with Gasteiger partial charge in [0.1, 0.15) is 17.1 Å². The van der Waals surface area contributed by atoms with Gasteiger partial charge in [-0.05, 0) is 73.8 Å². The standard InChI is InChI=1S/C29H30N2O3/c1-20-15-17-31(18-16-20)27(22-11-8-12-23(19-22)33-2)28-26(24-13-6-7-14-25(24)34-28)30-29(32)21-9-4-3-5-10-21/h3-14,19-20,27H,15-18H2,1-2H3,(H,30,32). The van der Waals surface area contributed by atoms with Crippen LogP contribution in [-0.2, 0) is 0 Å². The molecule has 1 saturated heterocycles. The number of anilines is 1. The molecule has 0 spiro atoms. The number of piperidine rings is 1. The van der Waals surface area contributed by atoms with Crippen molar-refractivity contribution in [3.05, 3.63) is 95.7 Å². The van der Waals surface area contributed by atoms with Gasteiger partial charge in [-0.25, -0.2) is 0 Å². The van der Waals surface area contributed by atoms with Crippen LogP contribution in [0.1, 0.15) is 47.5 Å². The average molecular weight is 455 g/mol. The first kappa shape index (κ1) is 22.2. The van der Waals surface area contributed by atoms with E-state index in [0.717, 1.165) is 59.7 Å². The average Bonchev–Trinajstić information content (AvgIpc) is 3.23. The Morgan fingerprint density at radius 3 is 2.50 bits per heavy atom. The van der Waals surface area contributed by atoms with Gasteiger partial charge in [0.2, 0.25) is 0 Å². The van der Waals surface area contributed by atoms with E-state index in [0.29, 0.717) is 11.5 Å². The summed E-state index contributed by atoms with van der Waals surface area (Å²) in [5.74, 6) is 2.12. The predicted octanol–water partition coefficient (Wildman–Crippen LogP) is 6.52. The lowest BCUT2D eigenvalue weighted by Crippen LogP contribution is -2.37. The number of carbonyl (C=O) groups is 1. The molecular weight excluding hydrogens is 424 g/mol. The van der Waals surface area contributed by atoms with Crippen LogP contribution >= 0.6 is 0 Å². The number of likely N-dealkylation sites (tertiary alicyclic amines) is 1. The van der Waals surface area contributed by atoms with E-state index in [-0.39, 0.29) is 11.9 Å². The van der Waals surface area contributed by atoms with Crippen LogP contribution in [0.3, 0.4) is 0 Å². The highest BCUT2D eigenvalue weighted by Gasteiger charge is 2.32. The summed E-state index contributed by atoms with van der Waals surface area (Å²) in [6, 6.07) is 25.2. The number of hydrogen-bond acceptors (Lipinski definition) is 4. The molecule has 5 rings (SSSR count). The summed E-state index contributed by atoms with van der Waals surface area (Å²) >= 11 is 0. The first-order valence-corrected chi connectivity index (χ1v) is 11.9. The van der Waals surface area contributed by atoms with Crippen LogP contribution in [0.15, 0.2) is 83.3 Å². The third-order valence-electron chi connectivity index (χ3n) is 6.74. The third kappa shape index (κ3) is 4.44. The number of methoxy groups -OCH3 is 1. The normalized spacial score (nSPS) is 15.8. The number of carbonyl (C=O) groups excluding carboxylic acids is 1. The van der Waals surface area contributed by atoms with Crippen LogP contribution in [0.25, 0.3) is 11.0 Å². The van der Waals surface area contributed by atoms with Crippen molar-refractivity contribution in [1.29, 1.82) is 0 Å². The predicted molar refractivity (Wildman–Crippen MR) is 135 cm³/mol. The molecule has 1 N–H and O–H groups in total. The summed E-state index contributed by atoms with van der Waals surface area (Å²) in [7, 11) is 1.68. The second kappa shape index (κ2) is 9.74. The van der Waals surface area contributed by atoms with E-state index in [4.69, 9.17) is 9.15 Å². The van der Waals surface area contributed by atoms with Gasteiger partial charge in [0.25, 0.3) is 5.91 Å². The summed E-state index contributed by atoms with van der Waals surface area (Å²) in [5, 5.41) is 4.09. The molecule has 4 aromatic rings. The number of nitrogens with zero attached hydrogens (tertiary/aromatic N) is 1. The maximum absolute atomic E-state index is 13.2. The van der Waals surface area contributed by atoms with Crippen molar-refractivity contribution in [2.45, 2.75) is 25.8 Å². The SMILES string of the molecule is COc1cccc(C(c2oc3ccccc3c2NC(=O)c2ccccc2)N2CCC(C)CC2)c1. The monoisotopic (exact) mass is 454 g/mol. The Morgan fingerprint density at radius 2 is 1.74 bits per heavy atom. The van der Waals surface area contributed by atoms with Crippen LogP contribution in [0.4, 0.5) is 5.69 Å². The number of para-hydroxylation sites is 1. The van der Waals surface area contributed by atoms with Crippen molar-refractivity contribution < 1.29 is 13.9 Å². The summed E-state index contributed by atoms with van der Waals surface area (Å²) in [6.45, 7) is 4.24. The highest BCUT2D eigenvalue weighted by Crippen LogP contribution is 2.42. The largest absolute Gasteiger partial charge is 0.497 e. The summed E-state index contributed by atoms with van der Waals surface area (Å²) in [5.41, 5.74) is 3.20. The Bertz CT molecular complexity index is 1270. The molecule has 3 aromatic carbocycles. The molecule has 34 heavy (non-hydrogen) atoms. The van der Waals surface area contributed by atoms with Crippen LogP contribution in [0.2, 0.25) is 0 Å². The topological polar surface area (TPSA) is 54.7 Å². The van der Waals surface area contributed by atoms with E-state index in [1.54, 1.807) is 7.11 Å². The fourth-order valence-corrected chi connectivity index (χ4v) is 4.79. The number of ether oxygens (including phenoxy) is 1. The fourth-order valence-electron chi connectivity index (χ4n) is 4.79. The quantitative estimate of drug-likeness (QED) is 0.361. The molecule has 1 aliphatic heterocycles. The zero-order chi connectivity index (χ0) is 23.5. The molecule has 1 unspecified atom stereocenters. The number of furan rings is 1. The fraction of sp³-hybridized carbons (Fsp3) is 0.276. The van der Waals surface area contributed by atoms with Crippen LogP contribution in [-0.4, -0.2) is 31.0 Å². The van der Waals surface area contributed by atoms with Gasteiger partial charge in [0.15, 0.2) is 0 Å². The number of rotatable bonds is 6. The number of amides is 1. The molecular formula is C29H30N2O3. The molecule has 1 atom stereocenters. The van der Waals surface area contributed by atoms with E-state index in [1.807, 2.05) is 66.7 Å². The van der Waals surface area contributed by atoms with Gasteiger partial charge in [-0.1, -0.05) is 49.4 Å². The van der Waals surface area contributed by atoms with Gasteiger partial charge >= 0.3 is 0 Å². The molecule has 0 saturated carbocycles. The van der Waals surface area contributed by atoms with Crippen molar-refractivity contribution in [2.75, 3.05) is 25.5 Å². The van der Waals surface area contributed by atoms with E-state index >= 15 is 0 Å². The van der Waals surface area contributed by atoms with E-state index in [1.165, 1.54) is 0 Å². The van der Waals surface area contributed by atoms with Crippen LogP contribution in [0.5, 0.6) is 5.75 Å². The van der Waals surface area contributed by atoms with Crippen molar-refractivity contribution in [2.24, 2.45) is 5.92 Å². The molecule has 5 nitrogen and oxygen atoms in total. The lowest BCUT2D eigenvalue weighted by molar-refractivity contribution is 0.102. The minimum atomic E-state index is -0.148. The molecule has 0 radical (unpaired) electrons. The Morgan fingerprint density at radius 1 is 1.00 bits per heavy atom. The summed E-state index contributed by atoms with van der Waals surface area (Å²) in [4.78, 5) is 15.7. The molecule has 1 fully saturated rings. The molecule has 0 bridgehead atoms. The van der Waals surface area contributed by atoms with Crippen LogP contribution in [0, 0.1) is 5.92 Å². The second-order valence-corrected chi connectivity index (χ2v) is 9.06. The molecule has 5 heteroatoms. The zero-order valence-electron chi connectivity index (χ0n) is 19.7. The van der Waals surface area contributed by atoms with Gasteiger partial charge in [0, 0.05) is 10.9 Å². The van der Waals surface area contributed by atoms with Crippen molar-refractivity contribution >= 4 is 22.6 Å². The Kier molecular flexibility index (Phi) is 6.37. The van der Waals surface area contributed by atoms with E-state index in [2.05, 4.69) is 29.3 Å². The summed E-state index contributed by atoms with van der Waals surface area (Å²) in [6.07, 6.45) is 2.26. The Hall–Kier alpha value is -3.57. The molecule has 1 amide bonds. The van der Waals surface area contributed by atoms with E-state index in [9.17, 15) is 4.79 Å². The van der Waals surface area contributed by atoms with Gasteiger partial charge in [-0.15, -0.1) is 0 Å².